The fourth-order valence-corrected chi connectivity index (χ4v) is 4.18. The molecule has 0 bridgehead atoms. The summed E-state index contributed by atoms with van der Waals surface area (Å²) in [4.78, 5) is 13.0. The van der Waals surface area contributed by atoms with Crippen molar-refractivity contribution in [2.75, 3.05) is 20.0 Å². The summed E-state index contributed by atoms with van der Waals surface area (Å²) in [6.07, 6.45) is 0. The van der Waals surface area contributed by atoms with Gasteiger partial charge >= 0.3 is 6.01 Å². The zero-order chi connectivity index (χ0) is 22.2. The minimum absolute atomic E-state index is 0.0188. The van der Waals surface area contributed by atoms with Crippen molar-refractivity contribution in [3.8, 4) is 34.6 Å². The average Bonchev–Trinajstić information content (AvgIpc) is 2.79. The molecule has 5 rings (SSSR count). The van der Waals surface area contributed by atoms with E-state index in [1.807, 2.05) is 24.3 Å². The van der Waals surface area contributed by atoms with E-state index in [1.54, 1.807) is 32.4 Å². The quantitative estimate of drug-likeness (QED) is 0.464. The molecule has 0 saturated heterocycles. The molecule has 0 aliphatic carbocycles. The van der Waals surface area contributed by atoms with Crippen LogP contribution in [-0.2, 0) is 18.0 Å². The molecule has 1 aliphatic rings. The van der Waals surface area contributed by atoms with Crippen molar-refractivity contribution < 1.29 is 18.9 Å². The standard InChI is InChI=1S/C23H19ClN4O4/c1-29-17-7-6-14(9-18(17)30-2)32-23-27-21(26-22(25)28-23)20-15-5-3-4-12-10-31-11-13(19(12)15)8-16(20)24/h3-9H,10-11H2,1-2H3,(H2,25,26,27,28). The first-order chi connectivity index (χ1) is 15.6. The predicted octanol–water partition coefficient (Wildman–Crippen LogP) is 4.77. The summed E-state index contributed by atoms with van der Waals surface area (Å²) in [5.41, 5.74) is 8.78. The highest BCUT2D eigenvalue weighted by molar-refractivity contribution is 6.35. The maximum Gasteiger partial charge on any atom is 0.327 e. The maximum absolute atomic E-state index is 6.67. The first kappa shape index (κ1) is 20.3. The Hall–Kier alpha value is -3.62. The third-order valence-corrected chi connectivity index (χ3v) is 5.51. The van der Waals surface area contributed by atoms with Gasteiger partial charge in [0.15, 0.2) is 17.3 Å². The van der Waals surface area contributed by atoms with Crippen molar-refractivity contribution in [3.63, 3.8) is 0 Å². The summed E-state index contributed by atoms with van der Waals surface area (Å²) < 4.78 is 22.1. The Morgan fingerprint density at radius 3 is 2.56 bits per heavy atom. The van der Waals surface area contributed by atoms with Crippen LogP contribution in [0.5, 0.6) is 23.3 Å². The van der Waals surface area contributed by atoms with Crippen molar-refractivity contribution >= 4 is 28.3 Å². The van der Waals surface area contributed by atoms with Gasteiger partial charge in [0.2, 0.25) is 5.95 Å². The lowest BCUT2D eigenvalue weighted by Gasteiger charge is -2.20. The molecular weight excluding hydrogens is 432 g/mol. The number of halogens is 1. The molecule has 0 saturated carbocycles. The second-order valence-corrected chi connectivity index (χ2v) is 7.55. The lowest BCUT2D eigenvalue weighted by Crippen LogP contribution is -2.07. The number of aromatic nitrogens is 3. The molecule has 8 nitrogen and oxygen atoms in total. The van der Waals surface area contributed by atoms with Crippen LogP contribution in [-0.4, -0.2) is 29.2 Å². The van der Waals surface area contributed by atoms with E-state index in [-0.39, 0.29) is 12.0 Å². The lowest BCUT2D eigenvalue weighted by molar-refractivity contribution is 0.103. The highest BCUT2D eigenvalue weighted by atomic mass is 35.5. The van der Waals surface area contributed by atoms with E-state index in [0.29, 0.717) is 46.9 Å². The smallest absolute Gasteiger partial charge is 0.327 e. The summed E-state index contributed by atoms with van der Waals surface area (Å²) in [6.45, 7) is 1.04. The Morgan fingerprint density at radius 2 is 1.75 bits per heavy atom. The van der Waals surface area contributed by atoms with E-state index in [0.717, 1.165) is 21.9 Å². The fourth-order valence-electron chi connectivity index (χ4n) is 3.86. The van der Waals surface area contributed by atoms with Crippen LogP contribution in [0.4, 0.5) is 5.95 Å². The molecule has 162 valence electrons. The Labute approximate surface area is 188 Å². The molecule has 0 radical (unpaired) electrons. The third-order valence-electron chi connectivity index (χ3n) is 5.22. The minimum atomic E-state index is 0.0188. The van der Waals surface area contributed by atoms with Crippen LogP contribution in [0.2, 0.25) is 5.02 Å². The molecule has 2 heterocycles. The molecule has 0 atom stereocenters. The number of ether oxygens (including phenoxy) is 4. The third kappa shape index (κ3) is 3.53. The monoisotopic (exact) mass is 450 g/mol. The molecule has 0 fully saturated rings. The van der Waals surface area contributed by atoms with E-state index in [4.69, 9.17) is 36.3 Å². The van der Waals surface area contributed by atoms with Gasteiger partial charge in [0.1, 0.15) is 5.75 Å². The van der Waals surface area contributed by atoms with Crippen molar-refractivity contribution in [1.29, 1.82) is 0 Å². The molecule has 2 N–H and O–H groups in total. The summed E-state index contributed by atoms with van der Waals surface area (Å²) >= 11 is 6.67. The molecule has 1 aromatic heterocycles. The molecule has 0 amide bonds. The van der Waals surface area contributed by atoms with Gasteiger partial charge in [-0.25, -0.2) is 0 Å². The minimum Gasteiger partial charge on any atom is -0.493 e. The van der Waals surface area contributed by atoms with Crippen molar-refractivity contribution in [2.24, 2.45) is 0 Å². The highest BCUT2D eigenvalue weighted by Crippen LogP contribution is 2.40. The first-order valence-electron chi connectivity index (χ1n) is 9.80. The average molecular weight is 451 g/mol. The van der Waals surface area contributed by atoms with E-state index in [2.05, 4.69) is 15.0 Å². The molecule has 0 spiro atoms. The first-order valence-corrected chi connectivity index (χ1v) is 10.2. The number of anilines is 1. The van der Waals surface area contributed by atoms with Gasteiger partial charge in [-0.05, 0) is 40.1 Å². The van der Waals surface area contributed by atoms with Gasteiger partial charge in [0.25, 0.3) is 0 Å². The predicted molar refractivity (Wildman–Crippen MR) is 120 cm³/mol. The normalized spacial score (nSPS) is 12.6. The van der Waals surface area contributed by atoms with Crippen LogP contribution in [0, 0.1) is 0 Å². The molecule has 32 heavy (non-hydrogen) atoms. The zero-order valence-corrected chi connectivity index (χ0v) is 18.1. The second-order valence-electron chi connectivity index (χ2n) is 7.14. The molecular formula is C23H19ClN4O4. The lowest BCUT2D eigenvalue weighted by atomic mass is 9.94. The van der Waals surface area contributed by atoms with Crippen LogP contribution >= 0.6 is 11.6 Å². The van der Waals surface area contributed by atoms with Gasteiger partial charge in [-0.3, -0.25) is 0 Å². The van der Waals surface area contributed by atoms with Crippen LogP contribution in [0.1, 0.15) is 11.1 Å². The van der Waals surface area contributed by atoms with Gasteiger partial charge in [-0.1, -0.05) is 29.8 Å². The number of nitrogens with zero attached hydrogens (tertiary/aromatic N) is 3. The highest BCUT2D eigenvalue weighted by Gasteiger charge is 2.21. The molecule has 9 heteroatoms. The topological polar surface area (TPSA) is 102 Å². The van der Waals surface area contributed by atoms with Gasteiger partial charge in [0, 0.05) is 11.6 Å². The Morgan fingerprint density at radius 1 is 0.938 bits per heavy atom. The zero-order valence-electron chi connectivity index (χ0n) is 17.4. The number of methoxy groups -OCH3 is 2. The number of hydrogen-bond acceptors (Lipinski definition) is 8. The number of hydrogen-bond donors (Lipinski definition) is 1. The van der Waals surface area contributed by atoms with Gasteiger partial charge in [-0.15, -0.1) is 0 Å². The van der Waals surface area contributed by atoms with Gasteiger partial charge in [0.05, 0.1) is 32.5 Å². The van der Waals surface area contributed by atoms with Crippen LogP contribution in [0.25, 0.3) is 22.2 Å². The van der Waals surface area contributed by atoms with Crippen LogP contribution in [0.3, 0.4) is 0 Å². The molecule has 4 aromatic rings. The molecule has 3 aromatic carbocycles. The summed E-state index contributed by atoms with van der Waals surface area (Å²) in [7, 11) is 3.11. The fraction of sp³-hybridized carbons (Fsp3) is 0.174. The largest absolute Gasteiger partial charge is 0.493 e. The number of nitrogen functional groups attached to an aromatic ring is 1. The number of benzene rings is 3. The summed E-state index contributed by atoms with van der Waals surface area (Å²) in [6, 6.07) is 13.0. The van der Waals surface area contributed by atoms with E-state index in [1.165, 1.54) is 0 Å². The number of nitrogens with two attached hydrogens (primary N) is 1. The van der Waals surface area contributed by atoms with Crippen LogP contribution in [0.15, 0.2) is 42.5 Å². The second kappa shape index (κ2) is 8.14. The molecule has 0 unspecified atom stereocenters. The Balaban J connectivity index is 1.61. The Bertz CT molecular complexity index is 1350. The van der Waals surface area contributed by atoms with E-state index < -0.39 is 0 Å². The van der Waals surface area contributed by atoms with Gasteiger partial charge < -0.3 is 24.7 Å². The maximum atomic E-state index is 6.67. The summed E-state index contributed by atoms with van der Waals surface area (Å²) in [5.74, 6) is 1.90. The summed E-state index contributed by atoms with van der Waals surface area (Å²) in [5, 5.41) is 2.52. The van der Waals surface area contributed by atoms with E-state index >= 15 is 0 Å². The van der Waals surface area contributed by atoms with Gasteiger partial charge in [-0.2, -0.15) is 15.0 Å². The van der Waals surface area contributed by atoms with Crippen molar-refractivity contribution in [1.82, 2.24) is 15.0 Å². The molecule has 1 aliphatic heterocycles. The van der Waals surface area contributed by atoms with Crippen molar-refractivity contribution in [3.05, 3.63) is 58.6 Å². The van der Waals surface area contributed by atoms with E-state index in [9.17, 15) is 0 Å². The SMILES string of the molecule is COc1ccc(Oc2nc(N)nc(-c3c(Cl)cc4c5c(cccc35)COC4)n2)cc1OC. The Kier molecular flexibility index (Phi) is 5.16. The van der Waals surface area contributed by atoms with Crippen molar-refractivity contribution in [2.45, 2.75) is 13.2 Å². The number of rotatable bonds is 5. The van der Waals surface area contributed by atoms with Crippen LogP contribution < -0.4 is 19.9 Å².